The lowest BCUT2D eigenvalue weighted by Crippen LogP contribution is -1.99. The van der Waals surface area contributed by atoms with Crippen LogP contribution < -0.4 is 5.73 Å². The summed E-state index contributed by atoms with van der Waals surface area (Å²) in [6.45, 7) is 12.4. The molecule has 0 atom stereocenters. The molecule has 2 aromatic rings. The Kier molecular flexibility index (Phi) is 12.0. The molecule has 1 aromatic heterocycles. The van der Waals surface area contributed by atoms with Gasteiger partial charge in [-0.2, -0.15) is 5.26 Å². The SMILES string of the molecule is CC.CC/C=C(\c1cc(C#N)c(C)cc1C)c1cncc(N)c1Cl.CC1CCCCC1. The second-order valence-electron chi connectivity index (χ2n) is 7.95. The van der Waals surface area contributed by atoms with Crippen molar-refractivity contribution in [1.29, 1.82) is 5.26 Å². The molecule has 1 fully saturated rings. The molecule has 1 heterocycles. The van der Waals surface area contributed by atoms with Crippen LogP contribution in [0.5, 0.6) is 0 Å². The Morgan fingerprint density at radius 3 is 2.29 bits per heavy atom. The van der Waals surface area contributed by atoms with Gasteiger partial charge in [0.15, 0.2) is 0 Å². The van der Waals surface area contributed by atoms with Crippen LogP contribution in [0.2, 0.25) is 5.02 Å². The molecule has 0 spiro atoms. The monoisotopic (exact) mass is 439 g/mol. The van der Waals surface area contributed by atoms with Crippen LogP contribution in [-0.2, 0) is 0 Å². The van der Waals surface area contributed by atoms with E-state index < -0.39 is 0 Å². The molecule has 0 aliphatic heterocycles. The molecule has 1 saturated carbocycles. The second kappa shape index (κ2) is 13.9. The van der Waals surface area contributed by atoms with Gasteiger partial charge in [-0.3, -0.25) is 4.98 Å². The lowest BCUT2D eigenvalue weighted by atomic mass is 9.91. The predicted molar refractivity (Wildman–Crippen MR) is 135 cm³/mol. The van der Waals surface area contributed by atoms with Gasteiger partial charge in [-0.1, -0.05) is 83.5 Å². The van der Waals surface area contributed by atoms with E-state index in [9.17, 15) is 5.26 Å². The minimum Gasteiger partial charge on any atom is -0.396 e. The van der Waals surface area contributed by atoms with E-state index in [-0.39, 0.29) is 0 Å². The summed E-state index contributed by atoms with van der Waals surface area (Å²) in [5.74, 6) is 1.04. The third-order valence-electron chi connectivity index (χ3n) is 5.48. The summed E-state index contributed by atoms with van der Waals surface area (Å²) in [5.41, 5.74) is 11.8. The summed E-state index contributed by atoms with van der Waals surface area (Å²) in [6, 6.07) is 6.16. The van der Waals surface area contributed by atoms with Gasteiger partial charge < -0.3 is 5.73 Å². The number of nitrogens with two attached hydrogens (primary N) is 1. The molecule has 1 aromatic carbocycles. The first-order valence-corrected chi connectivity index (χ1v) is 11.9. The minimum absolute atomic E-state index is 0.450. The van der Waals surface area contributed by atoms with E-state index >= 15 is 0 Å². The van der Waals surface area contributed by atoms with Crippen molar-refractivity contribution in [1.82, 2.24) is 4.98 Å². The van der Waals surface area contributed by atoms with E-state index in [0.717, 1.165) is 40.2 Å². The third-order valence-corrected chi connectivity index (χ3v) is 5.90. The standard InChI is InChI=1S/C18H18ClN3.C7H14.C2H6/c1-4-5-14(16-9-22-10-17(21)18(16)19)15-7-13(8-20)11(2)6-12(15)3;1-7-5-3-2-4-6-7;1-2/h5-7,9-10H,4,21H2,1-3H3;7H,2-6H2,1H3;1-2H3/b14-5+;;. The fraction of sp³-hybridized carbons (Fsp3) is 0.481. The van der Waals surface area contributed by atoms with E-state index in [1.165, 1.54) is 38.3 Å². The van der Waals surface area contributed by atoms with Gasteiger partial charge in [0.2, 0.25) is 0 Å². The Labute approximate surface area is 194 Å². The minimum atomic E-state index is 0.450. The summed E-state index contributed by atoms with van der Waals surface area (Å²) in [5, 5.41) is 9.78. The van der Waals surface area contributed by atoms with Crippen LogP contribution >= 0.6 is 11.6 Å². The Morgan fingerprint density at radius 2 is 1.77 bits per heavy atom. The Morgan fingerprint density at radius 1 is 1.13 bits per heavy atom. The van der Waals surface area contributed by atoms with Crippen molar-refractivity contribution in [3.8, 4) is 6.07 Å². The maximum atomic E-state index is 9.29. The summed E-state index contributed by atoms with van der Waals surface area (Å²) in [7, 11) is 0. The summed E-state index contributed by atoms with van der Waals surface area (Å²) in [4.78, 5) is 4.15. The molecular formula is C27H38ClN3. The van der Waals surface area contributed by atoms with E-state index in [1.807, 2.05) is 39.8 Å². The van der Waals surface area contributed by atoms with Crippen molar-refractivity contribution in [2.45, 2.75) is 80.1 Å². The average molecular weight is 440 g/mol. The number of hydrogen-bond donors (Lipinski definition) is 1. The van der Waals surface area contributed by atoms with E-state index in [2.05, 4.69) is 31.0 Å². The van der Waals surface area contributed by atoms with E-state index in [0.29, 0.717) is 16.3 Å². The van der Waals surface area contributed by atoms with Gasteiger partial charge in [0.05, 0.1) is 28.5 Å². The van der Waals surface area contributed by atoms with Crippen LogP contribution in [0.1, 0.15) is 94.0 Å². The highest BCUT2D eigenvalue weighted by atomic mass is 35.5. The normalized spacial score (nSPS) is 13.9. The van der Waals surface area contributed by atoms with Crippen molar-refractivity contribution in [3.05, 3.63) is 63.4 Å². The van der Waals surface area contributed by atoms with Gasteiger partial charge in [-0.05, 0) is 54.5 Å². The average Bonchev–Trinajstić information content (AvgIpc) is 2.77. The molecule has 31 heavy (non-hydrogen) atoms. The molecule has 1 aliphatic rings. The highest BCUT2D eigenvalue weighted by molar-refractivity contribution is 6.35. The first-order valence-electron chi connectivity index (χ1n) is 11.5. The lowest BCUT2D eigenvalue weighted by molar-refractivity contribution is 0.385. The number of benzene rings is 1. The fourth-order valence-electron chi connectivity index (χ4n) is 3.79. The van der Waals surface area contributed by atoms with Gasteiger partial charge in [0, 0.05) is 11.8 Å². The van der Waals surface area contributed by atoms with Crippen molar-refractivity contribution in [3.63, 3.8) is 0 Å². The number of nitrogen functional groups attached to an aromatic ring is 1. The number of halogens is 1. The molecule has 0 unspecified atom stereocenters. The number of aryl methyl sites for hydroxylation is 2. The molecule has 2 N–H and O–H groups in total. The Hall–Kier alpha value is -2.31. The number of nitriles is 1. The van der Waals surface area contributed by atoms with Crippen LogP contribution in [0.3, 0.4) is 0 Å². The molecule has 0 saturated heterocycles. The zero-order chi connectivity index (χ0) is 23.4. The number of aromatic nitrogens is 1. The molecule has 168 valence electrons. The molecular weight excluding hydrogens is 402 g/mol. The second-order valence-corrected chi connectivity index (χ2v) is 8.33. The first-order chi connectivity index (χ1) is 14.9. The molecule has 1 aliphatic carbocycles. The van der Waals surface area contributed by atoms with Gasteiger partial charge >= 0.3 is 0 Å². The maximum absolute atomic E-state index is 9.29. The zero-order valence-electron chi connectivity index (χ0n) is 20.1. The number of hydrogen-bond acceptors (Lipinski definition) is 3. The number of allylic oxidation sites excluding steroid dienone is 1. The maximum Gasteiger partial charge on any atom is 0.0994 e. The highest BCUT2D eigenvalue weighted by Crippen LogP contribution is 2.34. The van der Waals surface area contributed by atoms with Gasteiger partial charge in [-0.15, -0.1) is 0 Å². The molecule has 3 nitrogen and oxygen atoms in total. The van der Waals surface area contributed by atoms with Gasteiger partial charge in [0.25, 0.3) is 0 Å². The van der Waals surface area contributed by atoms with Crippen LogP contribution in [0.15, 0.2) is 30.6 Å². The van der Waals surface area contributed by atoms with E-state index in [4.69, 9.17) is 17.3 Å². The number of nitrogens with zero attached hydrogens (tertiary/aromatic N) is 2. The largest absolute Gasteiger partial charge is 0.396 e. The summed E-state index contributed by atoms with van der Waals surface area (Å²) in [6.07, 6.45) is 13.6. The number of pyridine rings is 1. The van der Waals surface area contributed by atoms with Crippen molar-refractivity contribution in [2.75, 3.05) is 5.73 Å². The topological polar surface area (TPSA) is 62.7 Å². The van der Waals surface area contributed by atoms with Crippen LogP contribution in [-0.4, -0.2) is 4.98 Å². The van der Waals surface area contributed by atoms with E-state index in [1.54, 1.807) is 6.20 Å². The number of anilines is 1. The lowest BCUT2D eigenvalue weighted by Gasteiger charge is -2.15. The van der Waals surface area contributed by atoms with Crippen molar-refractivity contribution < 1.29 is 0 Å². The molecule has 4 heteroatoms. The van der Waals surface area contributed by atoms with Crippen LogP contribution in [0, 0.1) is 31.1 Å². The van der Waals surface area contributed by atoms with Crippen LogP contribution in [0.25, 0.3) is 5.57 Å². The molecule has 0 bridgehead atoms. The summed E-state index contributed by atoms with van der Waals surface area (Å²) < 4.78 is 0. The van der Waals surface area contributed by atoms with Crippen molar-refractivity contribution >= 4 is 22.9 Å². The number of rotatable bonds is 3. The fourth-order valence-corrected chi connectivity index (χ4v) is 3.99. The molecule has 0 amide bonds. The quantitative estimate of drug-likeness (QED) is 0.523. The predicted octanol–water partition coefficient (Wildman–Crippen LogP) is 8.26. The Balaban J connectivity index is 0.000000447. The molecule has 3 rings (SSSR count). The van der Waals surface area contributed by atoms with Crippen LogP contribution in [0.4, 0.5) is 5.69 Å². The first kappa shape index (κ1) is 26.7. The smallest absolute Gasteiger partial charge is 0.0994 e. The van der Waals surface area contributed by atoms with Crippen molar-refractivity contribution in [2.24, 2.45) is 5.92 Å². The molecule has 0 radical (unpaired) electrons. The highest BCUT2D eigenvalue weighted by Gasteiger charge is 2.15. The van der Waals surface area contributed by atoms with Gasteiger partial charge in [-0.25, -0.2) is 0 Å². The Bertz CT molecular complexity index is 903. The third kappa shape index (κ3) is 7.71. The zero-order valence-corrected chi connectivity index (χ0v) is 20.8. The van der Waals surface area contributed by atoms with Gasteiger partial charge in [0.1, 0.15) is 0 Å². The summed E-state index contributed by atoms with van der Waals surface area (Å²) >= 11 is 6.36.